The van der Waals surface area contributed by atoms with E-state index in [4.69, 9.17) is 25.2 Å². The zero-order chi connectivity index (χ0) is 45.1. The molecule has 1 saturated heterocycles. The van der Waals surface area contributed by atoms with Crippen LogP contribution in [0.1, 0.15) is 86.2 Å². The largest absolute Gasteiger partial charge is 0.491 e. The number of likely N-dealkylation sites (tertiary alicyclic amines) is 1. The van der Waals surface area contributed by atoms with Crippen molar-refractivity contribution in [2.24, 2.45) is 5.73 Å². The van der Waals surface area contributed by atoms with Crippen LogP contribution in [0, 0.1) is 13.8 Å². The van der Waals surface area contributed by atoms with E-state index in [0.717, 1.165) is 0 Å². The van der Waals surface area contributed by atoms with Gasteiger partial charge in [-0.2, -0.15) is 23.7 Å². The molecule has 65 heavy (non-hydrogen) atoms. The van der Waals surface area contributed by atoms with Crippen LogP contribution in [0.25, 0.3) is 22.1 Å². The molecule has 6 aromatic rings. The van der Waals surface area contributed by atoms with Crippen molar-refractivity contribution < 1.29 is 33.0 Å². The van der Waals surface area contributed by atoms with E-state index >= 15 is 0 Å². The van der Waals surface area contributed by atoms with Gasteiger partial charge in [0.05, 0.1) is 35.6 Å². The zero-order valence-corrected chi connectivity index (χ0v) is 37.8. The number of carbonyl (C=O) groups excluding carboxylic acids is 4. The molecule has 0 saturated carbocycles. The lowest BCUT2D eigenvalue weighted by Gasteiger charge is -2.15. The number of allylic oxidation sites excluding steroid dienone is 2. The summed E-state index contributed by atoms with van der Waals surface area (Å²) < 4.78 is 33.3. The lowest BCUT2D eigenvalue weighted by molar-refractivity contribution is 0.0949. The van der Waals surface area contributed by atoms with Crippen LogP contribution in [0.4, 0.5) is 16.3 Å². The molecule has 6 heterocycles. The number of ether oxygens (including phenoxy) is 2. The fraction of sp³-hybridized carbons (Fsp3) is 0.409. The van der Waals surface area contributed by atoms with E-state index in [9.17, 15) is 23.6 Å². The van der Waals surface area contributed by atoms with Crippen LogP contribution in [0.2, 0.25) is 0 Å². The molecule has 8 rings (SSSR count). The van der Waals surface area contributed by atoms with Crippen molar-refractivity contribution in [3.63, 3.8) is 0 Å². The number of hydrogen-bond donors (Lipinski definition) is 4. The van der Waals surface area contributed by atoms with Crippen molar-refractivity contribution in [3.05, 3.63) is 82.5 Å². The first-order valence-electron chi connectivity index (χ1n) is 21.6. The molecule has 21 heteroatoms. The molecule has 5 N–H and O–H groups in total. The van der Waals surface area contributed by atoms with Gasteiger partial charge in [-0.1, -0.05) is 12.2 Å². The molecule has 1 fully saturated rings. The average Bonchev–Trinajstić information content (AvgIpc) is 4.10. The summed E-state index contributed by atoms with van der Waals surface area (Å²) in [5.74, 6) is -0.753. The maximum Gasteiger partial charge on any atom is 0.276 e. The second-order valence-electron chi connectivity index (χ2n) is 15.8. The van der Waals surface area contributed by atoms with Crippen molar-refractivity contribution in [2.45, 2.75) is 79.3 Å². The number of primary amides is 1. The Morgan fingerprint density at radius 1 is 0.769 bits per heavy atom. The Labute approximate surface area is 380 Å². The number of nitrogens with one attached hydrogen (secondary N) is 3. The summed E-state index contributed by atoms with van der Waals surface area (Å²) in [4.78, 5) is 65.4. The number of benzene rings is 2. The standard InChI is InChI=1S/C44H52FN13O6.H2S/c1-5-57-33(19-26(3)52-57)41(61)50-43-48-31-21-28(39(46)59)23-35-37(31)55(43)14-7-8-15-56-38-32(49-44(56)51-42(62)34-20-27(4)53-58(34)6-2)22-29(24-36(38)64-18-10-17-63-35)40(60)47-12-9-13-54-16-11-30(45)25-54;/h7-8,19-24,30H,5-6,9-18,25H2,1-4H3,(H2,46,59)(H,47,60)(H,48,50,61)(H,49,51,62);1H2/b8-7+;/t30-;/m0./s1. The van der Waals surface area contributed by atoms with Crippen LogP contribution >= 0.6 is 13.5 Å². The third kappa shape index (κ3) is 10.00. The van der Waals surface area contributed by atoms with Crippen LogP contribution in [-0.2, 0) is 26.2 Å². The molecule has 344 valence electrons. The summed E-state index contributed by atoms with van der Waals surface area (Å²) in [5, 5.41) is 17.8. The van der Waals surface area contributed by atoms with Crippen molar-refractivity contribution in [1.29, 1.82) is 0 Å². The zero-order valence-electron chi connectivity index (χ0n) is 36.8. The van der Waals surface area contributed by atoms with Crippen molar-refractivity contribution >= 4 is 71.1 Å². The van der Waals surface area contributed by atoms with Gasteiger partial charge in [0.15, 0.2) is 0 Å². The SMILES string of the molecule is CCn1nc(C)cc1C(=O)Nc1nc2cc(C(N)=O)cc3c2n1C/C=C/Cn1c(NC(=O)c2cc(C)nn2CC)nc2cc(C(=O)NCCCN4CC[C@H](F)C4)cc(c21)OCCCO3.S. The average molecular weight is 912 g/mol. The molecule has 1 atom stereocenters. The summed E-state index contributed by atoms with van der Waals surface area (Å²) in [5.41, 5.74) is 10.2. The van der Waals surface area contributed by atoms with Gasteiger partial charge in [0.25, 0.3) is 17.7 Å². The minimum atomic E-state index is -0.811. The Kier molecular flexibility index (Phi) is 14.2. The number of nitrogens with zero attached hydrogens (tertiary/aromatic N) is 9. The van der Waals surface area contributed by atoms with Gasteiger partial charge in [-0.15, -0.1) is 0 Å². The van der Waals surface area contributed by atoms with Gasteiger partial charge in [0.2, 0.25) is 17.8 Å². The van der Waals surface area contributed by atoms with E-state index in [0.29, 0.717) is 120 Å². The molecular formula is C44H54FN13O6S. The summed E-state index contributed by atoms with van der Waals surface area (Å²) >= 11 is 0. The minimum Gasteiger partial charge on any atom is -0.491 e. The number of amides is 4. The predicted octanol–water partition coefficient (Wildman–Crippen LogP) is 4.73. The van der Waals surface area contributed by atoms with E-state index in [2.05, 4.69) is 31.0 Å². The minimum absolute atomic E-state index is 0. The van der Waals surface area contributed by atoms with Gasteiger partial charge in [-0.05, 0) is 83.5 Å². The first kappa shape index (κ1) is 46.3. The Morgan fingerprint density at radius 3 is 1.78 bits per heavy atom. The molecule has 0 spiro atoms. The monoisotopic (exact) mass is 911 g/mol. The number of alkyl halides is 1. The summed E-state index contributed by atoms with van der Waals surface area (Å²) in [6.07, 6.45) is 4.48. The smallest absolute Gasteiger partial charge is 0.276 e. The fourth-order valence-corrected chi connectivity index (χ4v) is 8.15. The van der Waals surface area contributed by atoms with Gasteiger partial charge in [0.1, 0.15) is 40.1 Å². The number of carbonyl (C=O) groups is 4. The molecule has 4 amide bonds. The lowest BCUT2D eigenvalue weighted by atomic mass is 10.1. The molecule has 0 unspecified atom stereocenters. The van der Waals surface area contributed by atoms with Gasteiger partial charge in [0, 0.05) is 63.4 Å². The number of anilines is 2. The molecule has 2 aliphatic heterocycles. The highest BCUT2D eigenvalue weighted by molar-refractivity contribution is 7.59. The number of nitrogens with two attached hydrogens (primary N) is 1. The van der Waals surface area contributed by atoms with Crippen LogP contribution in [0.5, 0.6) is 11.5 Å². The highest BCUT2D eigenvalue weighted by Gasteiger charge is 2.25. The van der Waals surface area contributed by atoms with Crippen molar-refractivity contribution in [3.8, 4) is 11.5 Å². The molecular weight excluding hydrogens is 858 g/mol. The van der Waals surface area contributed by atoms with Gasteiger partial charge in [-0.3, -0.25) is 39.2 Å². The maximum atomic E-state index is 13.9. The molecule has 2 aromatic carbocycles. The van der Waals surface area contributed by atoms with E-state index in [1.807, 2.05) is 39.8 Å². The van der Waals surface area contributed by atoms with Gasteiger partial charge >= 0.3 is 0 Å². The molecule has 19 nitrogen and oxygen atoms in total. The number of imidazole rings is 2. The first-order chi connectivity index (χ1) is 30.9. The Bertz CT molecular complexity index is 2790. The highest BCUT2D eigenvalue weighted by atomic mass is 32.1. The normalized spacial score (nSPS) is 15.9. The van der Waals surface area contributed by atoms with Crippen LogP contribution in [0.15, 0.2) is 48.6 Å². The second kappa shape index (κ2) is 20.0. The van der Waals surface area contributed by atoms with E-state index in [1.54, 1.807) is 54.9 Å². The summed E-state index contributed by atoms with van der Waals surface area (Å²) in [7, 11) is 0. The Balaban J connectivity index is 0.00000630. The quantitative estimate of drug-likeness (QED) is 0.0971. The number of aryl methyl sites for hydroxylation is 4. The van der Waals surface area contributed by atoms with Gasteiger partial charge < -0.3 is 34.6 Å². The number of hydrogen-bond acceptors (Lipinski definition) is 11. The molecule has 0 aliphatic carbocycles. The third-order valence-corrected chi connectivity index (χ3v) is 11.2. The number of halogens is 1. The van der Waals surface area contributed by atoms with Crippen LogP contribution in [0.3, 0.4) is 0 Å². The second-order valence-corrected chi connectivity index (χ2v) is 15.8. The van der Waals surface area contributed by atoms with Crippen molar-refractivity contribution in [2.75, 3.05) is 50.0 Å². The number of rotatable bonds is 12. The van der Waals surface area contributed by atoms with Crippen molar-refractivity contribution in [1.82, 2.24) is 48.9 Å². The lowest BCUT2D eigenvalue weighted by Crippen LogP contribution is -2.29. The summed E-state index contributed by atoms with van der Waals surface area (Å²) in [6.45, 7) is 11.2. The van der Waals surface area contributed by atoms with Gasteiger partial charge in [-0.25, -0.2) is 14.4 Å². The molecule has 4 aromatic heterocycles. The maximum absolute atomic E-state index is 13.9. The van der Waals surface area contributed by atoms with E-state index in [1.165, 1.54) is 0 Å². The van der Waals surface area contributed by atoms with E-state index in [-0.39, 0.29) is 63.2 Å². The summed E-state index contributed by atoms with van der Waals surface area (Å²) in [6, 6.07) is 9.83. The highest BCUT2D eigenvalue weighted by Crippen LogP contribution is 2.34. The van der Waals surface area contributed by atoms with E-state index < -0.39 is 23.9 Å². The first-order valence-corrected chi connectivity index (χ1v) is 21.6. The van der Waals surface area contributed by atoms with Crippen LogP contribution in [-0.4, -0.2) is 113 Å². The Hall–Kier alpha value is -6.74. The topological polar surface area (TPSA) is 223 Å². The molecule has 2 aliphatic rings. The fourth-order valence-electron chi connectivity index (χ4n) is 8.15. The molecule has 0 bridgehead atoms. The predicted molar refractivity (Wildman–Crippen MR) is 247 cm³/mol. The molecule has 0 radical (unpaired) electrons. The number of aromatic nitrogens is 8. The third-order valence-electron chi connectivity index (χ3n) is 11.2. The Morgan fingerprint density at radius 2 is 1.29 bits per heavy atom. The van der Waals surface area contributed by atoms with Crippen LogP contribution < -0.4 is 31.2 Å².